The number of H-pyrrole nitrogens is 1. The average molecular weight is 379 g/mol. The first kappa shape index (κ1) is 18.6. The summed E-state index contributed by atoms with van der Waals surface area (Å²) in [6, 6.07) is 14.9. The number of nitrogens with zero attached hydrogens (tertiary/aromatic N) is 2. The Kier molecular flexibility index (Phi) is 5.35. The second-order valence-corrected chi connectivity index (χ2v) is 5.81. The number of hydrazone groups is 1. The van der Waals surface area contributed by atoms with E-state index in [-0.39, 0.29) is 5.56 Å². The number of carbonyl (C=O) groups excluding carboxylic acids is 1. The van der Waals surface area contributed by atoms with E-state index in [4.69, 9.17) is 0 Å². The third kappa shape index (κ3) is 3.98. The Morgan fingerprint density at radius 2 is 1.79 bits per heavy atom. The number of benzene rings is 2. The van der Waals surface area contributed by atoms with Gasteiger partial charge in [0.05, 0.1) is 11.9 Å². The topological polar surface area (TPSA) is 129 Å². The van der Waals surface area contributed by atoms with E-state index >= 15 is 0 Å². The molecule has 9 nitrogen and oxygen atoms in total. The van der Waals surface area contributed by atoms with E-state index in [1.807, 2.05) is 0 Å². The molecule has 0 spiro atoms. The van der Waals surface area contributed by atoms with Crippen molar-refractivity contribution in [2.24, 2.45) is 5.10 Å². The quantitative estimate of drug-likeness (QED) is 0.406. The number of aromatic nitrogens is 2. The molecule has 0 aliphatic rings. The molecular weight excluding hydrogens is 362 g/mol. The van der Waals surface area contributed by atoms with Gasteiger partial charge >= 0.3 is 11.7 Å². The Balaban J connectivity index is 1.86. The molecule has 0 bridgehead atoms. The van der Waals surface area contributed by atoms with Gasteiger partial charge < -0.3 is 10.4 Å². The van der Waals surface area contributed by atoms with E-state index < -0.39 is 23.2 Å². The summed E-state index contributed by atoms with van der Waals surface area (Å²) in [4.78, 5) is 38.2. The van der Waals surface area contributed by atoms with Crippen molar-refractivity contribution in [3.63, 3.8) is 0 Å². The number of amides is 2. The van der Waals surface area contributed by atoms with Gasteiger partial charge in [-0.25, -0.2) is 19.6 Å². The molecular formula is C19H17N5O4. The molecule has 2 amide bonds. The van der Waals surface area contributed by atoms with E-state index in [9.17, 15) is 19.5 Å². The first-order valence-electron chi connectivity index (χ1n) is 8.27. The molecule has 9 heteroatoms. The van der Waals surface area contributed by atoms with E-state index in [0.717, 1.165) is 16.3 Å². The minimum Gasteiger partial charge on any atom is -0.493 e. The fourth-order valence-corrected chi connectivity index (χ4v) is 2.53. The molecule has 0 saturated heterocycles. The number of para-hydroxylation sites is 2. The maximum absolute atomic E-state index is 12.2. The summed E-state index contributed by atoms with van der Waals surface area (Å²) in [5.74, 6) is -0.586. The fraction of sp³-hybridized carbons (Fsp3) is 0.0526. The summed E-state index contributed by atoms with van der Waals surface area (Å²) in [5.41, 5.74) is 1.98. The highest BCUT2D eigenvalue weighted by Gasteiger charge is 2.15. The predicted molar refractivity (Wildman–Crippen MR) is 105 cm³/mol. The molecule has 0 aliphatic carbocycles. The second-order valence-electron chi connectivity index (χ2n) is 5.81. The average Bonchev–Trinajstić information content (AvgIpc) is 2.66. The van der Waals surface area contributed by atoms with Crippen LogP contribution in [0.5, 0.6) is 5.88 Å². The number of nitrogens with one attached hydrogen (secondary N) is 3. The van der Waals surface area contributed by atoms with Gasteiger partial charge in [0.1, 0.15) is 5.56 Å². The number of urea groups is 1. The van der Waals surface area contributed by atoms with Crippen molar-refractivity contribution in [1.82, 2.24) is 15.0 Å². The van der Waals surface area contributed by atoms with Crippen LogP contribution >= 0.6 is 0 Å². The van der Waals surface area contributed by atoms with Crippen LogP contribution in [0.4, 0.5) is 10.5 Å². The lowest BCUT2D eigenvalue weighted by Gasteiger charge is -2.11. The SMILES string of the molecule is Cc1ccccc1-n1c(O)c(C=NNC(=O)Nc2ccccc2)c(=O)[nH]c1=O. The lowest BCUT2D eigenvalue weighted by atomic mass is 10.2. The van der Waals surface area contributed by atoms with Crippen LogP contribution in [0, 0.1) is 6.92 Å². The molecule has 0 atom stereocenters. The Morgan fingerprint density at radius 1 is 1.11 bits per heavy atom. The molecule has 4 N–H and O–H groups in total. The van der Waals surface area contributed by atoms with Crippen LogP contribution in [0.1, 0.15) is 11.1 Å². The predicted octanol–water partition coefficient (Wildman–Crippen LogP) is 1.70. The third-order valence-electron chi connectivity index (χ3n) is 3.87. The van der Waals surface area contributed by atoms with Crippen molar-refractivity contribution in [3.05, 3.63) is 86.6 Å². The molecule has 0 radical (unpaired) electrons. The minimum atomic E-state index is -0.832. The van der Waals surface area contributed by atoms with Gasteiger partial charge in [0.25, 0.3) is 5.56 Å². The number of aromatic hydroxyl groups is 1. The number of hydrogen-bond donors (Lipinski definition) is 4. The zero-order chi connectivity index (χ0) is 20.1. The van der Waals surface area contributed by atoms with Crippen molar-refractivity contribution in [2.45, 2.75) is 6.92 Å². The van der Waals surface area contributed by atoms with Crippen molar-refractivity contribution < 1.29 is 9.90 Å². The molecule has 0 aliphatic heterocycles. The molecule has 3 aromatic rings. The largest absolute Gasteiger partial charge is 0.493 e. The van der Waals surface area contributed by atoms with Gasteiger partial charge in [0.15, 0.2) is 0 Å². The van der Waals surface area contributed by atoms with Crippen LogP contribution in [-0.4, -0.2) is 26.9 Å². The summed E-state index contributed by atoms with van der Waals surface area (Å²) >= 11 is 0. The van der Waals surface area contributed by atoms with Crippen LogP contribution in [0.2, 0.25) is 0 Å². The Morgan fingerprint density at radius 3 is 2.50 bits per heavy atom. The summed E-state index contributed by atoms with van der Waals surface area (Å²) in [7, 11) is 0. The summed E-state index contributed by atoms with van der Waals surface area (Å²) < 4.78 is 0.960. The highest BCUT2D eigenvalue weighted by molar-refractivity contribution is 5.90. The van der Waals surface area contributed by atoms with Crippen molar-refractivity contribution in [1.29, 1.82) is 0 Å². The lowest BCUT2D eigenvalue weighted by Crippen LogP contribution is -2.32. The van der Waals surface area contributed by atoms with E-state index in [1.165, 1.54) is 0 Å². The van der Waals surface area contributed by atoms with Crippen LogP contribution < -0.4 is 22.0 Å². The first-order valence-corrected chi connectivity index (χ1v) is 8.27. The summed E-state index contributed by atoms with van der Waals surface area (Å²) in [6.07, 6.45) is 0.965. The summed E-state index contributed by atoms with van der Waals surface area (Å²) in [5, 5.41) is 16.7. The minimum absolute atomic E-state index is 0.275. The molecule has 1 heterocycles. The molecule has 0 fully saturated rings. The van der Waals surface area contributed by atoms with Gasteiger partial charge in [-0.1, -0.05) is 36.4 Å². The number of aryl methyl sites for hydroxylation is 1. The number of rotatable bonds is 4. The zero-order valence-electron chi connectivity index (χ0n) is 14.8. The highest BCUT2D eigenvalue weighted by Crippen LogP contribution is 2.18. The lowest BCUT2D eigenvalue weighted by molar-refractivity contribution is 0.252. The van der Waals surface area contributed by atoms with Crippen molar-refractivity contribution in [2.75, 3.05) is 5.32 Å². The van der Waals surface area contributed by atoms with E-state index in [0.29, 0.717) is 11.4 Å². The van der Waals surface area contributed by atoms with Gasteiger partial charge in [0.2, 0.25) is 5.88 Å². The third-order valence-corrected chi connectivity index (χ3v) is 3.87. The Bertz CT molecular complexity index is 1150. The standard InChI is InChI=1S/C19H17N5O4/c1-12-7-5-6-10-15(12)24-17(26)14(16(25)22-19(24)28)11-20-23-18(27)21-13-8-3-2-4-9-13/h2-11,26H,1H3,(H2,21,23,27)(H,22,25,28). The number of carbonyl (C=O) groups is 1. The molecule has 142 valence electrons. The normalized spacial score (nSPS) is 10.8. The first-order chi connectivity index (χ1) is 13.5. The smallest absolute Gasteiger partial charge is 0.339 e. The molecule has 3 rings (SSSR count). The number of aromatic amines is 1. The maximum atomic E-state index is 12.2. The molecule has 0 saturated carbocycles. The van der Waals surface area contributed by atoms with Crippen molar-refractivity contribution >= 4 is 17.9 Å². The van der Waals surface area contributed by atoms with Crippen LogP contribution in [0.15, 0.2) is 69.3 Å². The number of anilines is 1. The molecule has 0 unspecified atom stereocenters. The highest BCUT2D eigenvalue weighted by atomic mass is 16.3. The van der Waals surface area contributed by atoms with Crippen molar-refractivity contribution in [3.8, 4) is 11.6 Å². The zero-order valence-corrected chi connectivity index (χ0v) is 14.8. The van der Waals surface area contributed by atoms with E-state index in [1.54, 1.807) is 61.5 Å². The molecule has 2 aromatic carbocycles. The van der Waals surface area contributed by atoms with Crippen LogP contribution in [-0.2, 0) is 0 Å². The van der Waals surface area contributed by atoms with E-state index in [2.05, 4.69) is 20.8 Å². The fourth-order valence-electron chi connectivity index (χ4n) is 2.53. The Labute approximate surface area is 159 Å². The molecule has 1 aromatic heterocycles. The van der Waals surface area contributed by atoms with Gasteiger partial charge in [-0.05, 0) is 30.7 Å². The molecule has 28 heavy (non-hydrogen) atoms. The van der Waals surface area contributed by atoms with Gasteiger partial charge in [-0.2, -0.15) is 5.10 Å². The van der Waals surface area contributed by atoms with Crippen LogP contribution in [0.3, 0.4) is 0 Å². The van der Waals surface area contributed by atoms with Crippen LogP contribution in [0.25, 0.3) is 5.69 Å². The Hall–Kier alpha value is -4.14. The summed E-state index contributed by atoms with van der Waals surface area (Å²) in [6.45, 7) is 1.76. The second kappa shape index (κ2) is 8.04. The monoisotopic (exact) mass is 379 g/mol. The number of hydrogen-bond acceptors (Lipinski definition) is 5. The van der Waals surface area contributed by atoms with Gasteiger partial charge in [-0.3, -0.25) is 9.78 Å². The maximum Gasteiger partial charge on any atom is 0.339 e. The van der Waals surface area contributed by atoms with Gasteiger partial charge in [-0.15, -0.1) is 0 Å². The van der Waals surface area contributed by atoms with Gasteiger partial charge in [0, 0.05) is 5.69 Å².